The molecule has 0 saturated carbocycles. The van der Waals surface area contributed by atoms with E-state index in [0.717, 1.165) is 44.2 Å². The predicted octanol–water partition coefficient (Wildman–Crippen LogP) is 15.9. The fourth-order valence-corrected chi connectivity index (χ4v) is 37.7. The Bertz CT molecular complexity index is 2930. The minimum atomic E-state index is -5.51. The van der Waals surface area contributed by atoms with Gasteiger partial charge >= 0.3 is 351 Å². The van der Waals surface area contributed by atoms with E-state index in [1.54, 1.807) is 0 Å². The number of allylic oxidation sites excluding steroid dienone is 2. The summed E-state index contributed by atoms with van der Waals surface area (Å²) in [6, 6.07) is 43.9. The summed E-state index contributed by atoms with van der Waals surface area (Å²) in [7, 11) is 18.2. The number of rotatable bonds is 6. The SMILES string of the molecule is Cc1ccc(-c2c(C)ccc3c2C=C(c2occ4ccccc24)[CH]3[Zr]([Cl])([Cl])([CH]2C(c3occ4ccccc34)=Cc3c2ccc(C)c3-c2ccc(C)cc2)=[Si](C)C)cc1. The number of furan rings is 2. The van der Waals surface area contributed by atoms with E-state index in [0.29, 0.717) is 0 Å². The molecule has 0 fully saturated rings. The molecular formula is C52H44Cl2O2SiZr. The van der Waals surface area contributed by atoms with E-state index in [1.807, 2.05) is 12.5 Å². The molecule has 2 unspecified atom stereocenters. The molecule has 10 rings (SSSR count). The van der Waals surface area contributed by atoms with Crippen LogP contribution in [0.5, 0.6) is 0 Å². The van der Waals surface area contributed by atoms with E-state index in [-0.39, 0.29) is 7.25 Å². The fraction of sp³-hybridized carbons (Fsp3) is 0.154. The molecule has 2 aliphatic carbocycles. The molecule has 0 bridgehead atoms. The molecule has 8 aromatic rings. The van der Waals surface area contributed by atoms with E-state index < -0.39 is 20.4 Å². The van der Waals surface area contributed by atoms with Gasteiger partial charge in [0.1, 0.15) is 0 Å². The molecule has 0 N–H and O–H groups in total. The predicted molar refractivity (Wildman–Crippen MR) is 246 cm³/mol. The van der Waals surface area contributed by atoms with Crippen molar-refractivity contribution in [1.82, 2.24) is 0 Å². The first-order valence-electron chi connectivity index (χ1n) is 20.1. The topological polar surface area (TPSA) is 26.3 Å². The van der Waals surface area contributed by atoms with Crippen molar-refractivity contribution in [2.45, 2.75) is 48.0 Å². The monoisotopic (exact) mass is 888 g/mol. The van der Waals surface area contributed by atoms with Crippen molar-refractivity contribution in [3.8, 4) is 22.3 Å². The van der Waals surface area contributed by atoms with Gasteiger partial charge in [0.15, 0.2) is 0 Å². The van der Waals surface area contributed by atoms with Crippen LogP contribution in [-0.4, -0.2) is 5.43 Å². The summed E-state index contributed by atoms with van der Waals surface area (Å²) in [5.41, 5.74) is 15.2. The molecule has 0 aliphatic heterocycles. The number of halogens is 2. The third kappa shape index (κ3) is 5.59. The van der Waals surface area contributed by atoms with Gasteiger partial charge in [-0.05, 0) is 0 Å². The van der Waals surface area contributed by atoms with Crippen molar-refractivity contribution < 1.29 is 23.8 Å². The zero-order valence-corrected chi connectivity index (χ0v) is 38.6. The zero-order valence-electron chi connectivity index (χ0n) is 33.6. The summed E-state index contributed by atoms with van der Waals surface area (Å²) < 4.78 is 12.8. The Kier molecular flexibility index (Phi) is 9.01. The van der Waals surface area contributed by atoms with Gasteiger partial charge in [-0.15, -0.1) is 0 Å². The van der Waals surface area contributed by atoms with Gasteiger partial charge in [-0.2, -0.15) is 0 Å². The van der Waals surface area contributed by atoms with E-state index in [1.165, 1.54) is 66.8 Å². The molecule has 0 radical (unpaired) electrons. The number of hydrogen-bond donors (Lipinski definition) is 0. The van der Waals surface area contributed by atoms with Crippen molar-refractivity contribution in [3.05, 3.63) is 190 Å². The third-order valence-electron chi connectivity index (χ3n) is 13.1. The van der Waals surface area contributed by atoms with Gasteiger partial charge in [0.05, 0.1) is 0 Å². The Morgan fingerprint density at radius 1 is 0.500 bits per heavy atom. The summed E-state index contributed by atoms with van der Waals surface area (Å²) in [4.78, 5) is 0. The zero-order chi connectivity index (χ0) is 40.1. The molecular weight excluding hydrogens is 847 g/mol. The van der Waals surface area contributed by atoms with E-state index in [9.17, 15) is 0 Å². The molecule has 2 nitrogen and oxygen atoms in total. The summed E-state index contributed by atoms with van der Waals surface area (Å²) >= 11 is -5.51. The Hall–Kier alpha value is -4.44. The molecule has 0 spiro atoms. The van der Waals surface area contributed by atoms with Crippen LogP contribution in [-0.2, 0) is 15.0 Å². The van der Waals surface area contributed by atoms with Crippen LogP contribution >= 0.6 is 17.0 Å². The van der Waals surface area contributed by atoms with Gasteiger partial charge in [-0.25, -0.2) is 0 Å². The normalized spacial score (nSPS) is 16.4. The van der Waals surface area contributed by atoms with Gasteiger partial charge in [-0.3, -0.25) is 0 Å². The molecule has 2 aromatic heterocycles. The summed E-state index contributed by atoms with van der Waals surface area (Å²) in [5, 5.41) is 4.27. The van der Waals surface area contributed by atoms with Crippen molar-refractivity contribution in [3.63, 3.8) is 0 Å². The van der Waals surface area contributed by atoms with Crippen LogP contribution < -0.4 is 0 Å². The maximum atomic E-state index is 9.10. The standard InChI is InChI=1S/2C25H19O.C2H6Si.2ClH.Zr/c2*1-16-7-10-18(11-8-16)24-17(2)9-12-19-13-21(14-23(19)24)25-22-6-4-3-5-20(22)15-26-25;1-3-2;;;/h2*3-15H,1-2H3;1-2H3;2*1H;/q;;;;;+2/p-2. The first kappa shape index (κ1) is 37.8. The summed E-state index contributed by atoms with van der Waals surface area (Å²) in [6.45, 7) is 13.4. The molecule has 2 atom stereocenters. The Morgan fingerprint density at radius 2 is 0.897 bits per heavy atom. The van der Waals surface area contributed by atoms with E-state index in [2.05, 4.69) is 174 Å². The number of aryl methyl sites for hydroxylation is 4. The van der Waals surface area contributed by atoms with Crippen LogP contribution in [0, 0.1) is 27.7 Å². The van der Waals surface area contributed by atoms with Crippen LogP contribution in [0.3, 0.4) is 0 Å². The molecule has 58 heavy (non-hydrogen) atoms. The Balaban J connectivity index is 1.31. The van der Waals surface area contributed by atoms with Crippen LogP contribution in [0.15, 0.2) is 143 Å². The molecule has 0 amide bonds. The second-order valence-electron chi connectivity index (χ2n) is 16.8. The fourth-order valence-electron chi connectivity index (χ4n) is 10.0. The molecule has 6 aromatic carbocycles. The van der Waals surface area contributed by atoms with E-state index >= 15 is 0 Å². The number of benzene rings is 6. The Labute approximate surface area is 348 Å². The quantitative estimate of drug-likeness (QED) is 0.156. The summed E-state index contributed by atoms with van der Waals surface area (Å²) in [5.74, 6) is 1.70. The Morgan fingerprint density at radius 3 is 1.29 bits per heavy atom. The minimum absolute atomic E-state index is 0.271. The molecule has 286 valence electrons. The first-order valence-corrected chi connectivity index (χ1v) is 35.4. The second kappa shape index (κ2) is 13.8. The van der Waals surface area contributed by atoms with E-state index in [4.69, 9.17) is 25.9 Å². The van der Waals surface area contributed by atoms with Gasteiger partial charge in [0, 0.05) is 0 Å². The molecule has 0 saturated heterocycles. The van der Waals surface area contributed by atoms with Crippen molar-refractivity contribution in [2.24, 2.45) is 0 Å². The van der Waals surface area contributed by atoms with Crippen LogP contribution in [0.1, 0.15) is 63.3 Å². The van der Waals surface area contributed by atoms with Crippen molar-refractivity contribution in [1.29, 1.82) is 0 Å². The van der Waals surface area contributed by atoms with Gasteiger partial charge in [-0.1, -0.05) is 0 Å². The maximum absolute atomic E-state index is 9.10. The number of fused-ring (bicyclic) bond motifs is 4. The average Bonchev–Trinajstić information content (AvgIpc) is 4.01. The van der Waals surface area contributed by atoms with Crippen LogP contribution in [0.25, 0.3) is 67.1 Å². The van der Waals surface area contributed by atoms with Crippen LogP contribution in [0.2, 0.25) is 13.1 Å². The average molecular weight is 891 g/mol. The third-order valence-corrected chi connectivity index (χ3v) is 59.3. The van der Waals surface area contributed by atoms with Crippen LogP contribution in [0.4, 0.5) is 0 Å². The molecule has 2 heterocycles. The van der Waals surface area contributed by atoms with Gasteiger partial charge in [0.25, 0.3) is 0 Å². The molecule has 6 heteroatoms. The summed E-state index contributed by atoms with van der Waals surface area (Å²) in [6.07, 6.45) is 8.53. The number of hydrogen-bond acceptors (Lipinski definition) is 2. The molecule has 2 aliphatic rings. The van der Waals surface area contributed by atoms with Crippen molar-refractivity contribution in [2.75, 3.05) is 0 Å². The van der Waals surface area contributed by atoms with Crippen molar-refractivity contribution >= 4 is 67.3 Å². The first-order chi connectivity index (χ1) is 27.9. The van der Waals surface area contributed by atoms with Gasteiger partial charge < -0.3 is 0 Å². The second-order valence-corrected chi connectivity index (χ2v) is 55.6. The van der Waals surface area contributed by atoms with Gasteiger partial charge in [0.2, 0.25) is 0 Å².